The molecular weight excluding hydrogens is 482 g/mol. The number of amides is 2. The third-order valence-electron chi connectivity index (χ3n) is 5.84. The molecular formula is C27H31N9O2. The highest BCUT2D eigenvalue weighted by atomic mass is 16.2. The number of carbonyl (C=O) groups is 2. The number of carbonyl (C=O) groups excluding carboxylic acids is 2. The van der Waals surface area contributed by atoms with Gasteiger partial charge in [0.05, 0.1) is 0 Å². The van der Waals surface area contributed by atoms with Crippen molar-refractivity contribution in [3.8, 4) is 5.82 Å². The first-order chi connectivity index (χ1) is 18.1. The second kappa shape index (κ2) is 10.7. The molecule has 0 fully saturated rings. The number of pyridine rings is 1. The van der Waals surface area contributed by atoms with E-state index in [1.807, 2.05) is 31.2 Å². The quantitative estimate of drug-likeness (QED) is 0.290. The Morgan fingerprint density at radius 1 is 0.921 bits per heavy atom. The van der Waals surface area contributed by atoms with Gasteiger partial charge in [0.1, 0.15) is 18.0 Å². The molecule has 0 atom stereocenters. The van der Waals surface area contributed by atoms with E-state index in [1.54, 1.807) is 38.5 Å². The summed E-state index contributed by atoms with van der Waals surface area (Å²) >= 11 is 0. The van der Waals surface area contributed by atoms with Crippen molar-refractivity contribution in [2.24, 2.45) is 0 Å². The van der Waals surface area contributed by atoms with Crippen molar-refractivity contribution >= 4 is 34.8 Å². The molecule has 3 heterocycles. The Bertz CT molecular complexity index is 1490. The standard InChI is InChI=1S/C27H31N9O2/c1-16-7-8-18(33-25(37)17-9-10-30-21(11-17)27(2,3)4)12-19(16)34-24-13-20(26(38)29-6)35-36(24)23-14-22(28-5)31-15-32-23/h7-15,34H,1-6H3,(H,29,38)(H,33,37)(H,28,31,32). The highest BCUT2D eigenvalue weighted by molar-refractivity contribution is 6.04. The van der Waals surface area contributed by atoms with Crippen molar-refractivity contribution in [3.05, 3.63) is 77.5 Å². The highest BCUT2D eigenvalue weighted by Gasteiger charge is 2.19. The van der Waals surface area contributed by atoms with Gasteiger partial charge in [-0.25, -0.2) is 9.97 Å². The van der Waals surface area contributed by atoms with Crippen LogP contribution in [0.1, 0.15) is 52.9 Å². The fourth-order valence-electron chi connectivity index (χ4n) is 3.64. The zero-order valence-electron chi connectivity index (χ0n) is 22.2. The van der Waals surface area contributed by atoms with Crippen molar-refractivity contribution in [2.45, 2.75) is 33.1 Å². The first-order valence-corrected chi connectivity index (χ1v) is 12.1. The molecule has 0 saturated heterocycles. The van der Waals surface area contributed by atoms with E-state index < -0.39 is 0 Å². The Kier molecular flexibility index (Phi) is 7.38. The summed E-state index contributed by atoms with van der Waals surface area (Å²) < 4.78 is 1.53. The van der Waals surface area contributed by atoms with E-state index in [-0.39, 0.29) is 22.9 Å². The zero-order chi connectivity index (χ0) is 27.4. The smallest absolute Gasteiger partial charge is 0.271 e. The van der Waals surface area contributed by atoms with Gasteiger partial charge in [0, 0.05) is 60.5 Å². The summed E-state index contributed by atoms with van der Waals surface area (Å²) in [7, 11) is 3.30. The highest BCUT2D eigenvalue weighted by Crippen LogP contribution is 2.27. The third-order valence-corrected chi connectivity index (χ3v) is 5.84. The lowest BCUT2D eigenvalue weighted by Gasteiger charge is -2.18. The number of benzene rings is 1. The summed E-state index contributed by atoms with van der Waals surface area (Å²) in [6, 6.07) is 12.4. The summed E-state index contributed by atoms with van der Waals surface area (Å²) in [5, 5.41) is 16.3. The zero-order valence-corrected chi connectivity index (χ0v) is 22.2. The summed E-state index contributed by atoms with van der Waals surface area (Å²) in [5.74, 6) is 1.01. The first-order valence-electron chi connectivity index (χ1n) is 12.1. The lowest BCUT2D eigenvalue weighted by atomic mass is 9.91. The van der Waals surface area contributed by atoms with Crippen molar-refractivity contribution < 1.29 is 9.59 Å². The van der Waals surface area contributed by atoms with E-state index in [1.165, 1.54) is 11.0 Å². The van der Waals surface area contributed by atoms with E-state index in [0.29, 0.717) is 28.7 Å². The van der Waals surface area contributed by atoms with Crippen LogP contribution in [0.2, 0.25) is 0 Å². The average Bonchev–Trinajstić information content (AvgIpc) is 3.33. The Balaban J connectivity index is 1.65. The monoisotopic (exact) mass is 513 g/mol. The molecule has 3 aromatic heterocycles. The molecule has 38 heavy (non-hydrogen) atoms. The van der Waals surface area contributed by atoms with E-state index in [4.69, 9.17) is 0 Å². The third kappa shape index (κ3) is 5.77. The molecule has 0 unspecified atom stereocenters. The summed E-state index contributed by atoms with van der Waals surface area (Å²) in [4.78, 5) is 38.2. The first kappa shape index (κ1) is 26.3. The number of rotatable bonds is 7. The molecule has 0 aliphatic carbocycles. The number of anilines is 4. The topological polar surface area (TPSA) is 139 Å². The molecule has 0 saturated carbocycles. The van der Waals surface area contributed by atoms with Crippen LogP contribution in [0.4, 0.5) is 23.0 Å². The molecule has 2 amide bonds. The molecule has 0 aliphatic heterocycles. The predicted molar refractivity (Wildman–Crippen MR) is 147 cm³/mol. The van der Waals surface area contributed by atoms with Gasteiger partial charge in [0.2, 0.25) is 0 Å². The van der Waals surface area contributed by atoms with Crippen LogP contribution in [-0.2, 0) is 5.41 Å². The van der Waals surface area contributed by atoms with Crippen molar-refractivity contribution in [3.63, 3.8) is 0 Å². The Labute approximate surface area is 221 Å². The van der Waals surface area contributed by atoms with Gasteiger partial charge in [0.15, 0.2) is 11.5 Å². The molecule has 0 bridgehead atoms. The number of nitrogens with one attached hydrogen (secondary N) is 4. The SMILES string of the molecule is CNC(=O)c1cc(Nc2cc(NC(=O)c3ccnc(C(C)(C)C)c3)ccc2C)n(-c2cc(NC)ncn2)n1. The van der Waals surface area contributed by atoms with Crippen LogP contribution in [0.25, 0.3) is 5.82 Å². The Hall–Kier alpha value is -4.80. The molecule has 4 N–H and O–H groups in total. The van der Waals surface area contributed by atoms with Gasteiger partial charge in [-0.15, -0.1) is 0 Å². The van der Waals surface area contributed by atoms with Gasteiger partial charge in [-0.3, -0.25) is 14.6 Å². The summed E-state index contributed by atoms with van der Waals surface area (Å²) in [6.07, 6.45) is 3.06. The maximum atomic E-state index is 13.0. The molecule has 11 nitrogen and oxygen atoms in total. The Morgan fingerprint density at radius 3 is 2.42 bits per heavy atom. The van der Waals surface area contributed by atoms with Gasteiger partial charge < -0.3 is 21.3 Å². The van der Waals surface area contributed by atoms with Crippen LogP contribution < -0.4 is 21.3 Å². The average molecular weight is 514 g/mol. The van der Waals surface area contributed by atoms with E-state index in [0.717, 1.165) is 16.9 Å². The van der Waals surface area contributed by atoms with Gasteiger partial charge in [-0.1, -0.05) is 26.8 Å². The number of hydrogen-bond acceptors (Lipinski definition) is 8. The van der Waals surface area contributed by atoms with Crippen LogP contribution in [0, 0.1) is 6.92 Å². The normalized spacial score (nSPS) is 11.1. The number of hydrogen-bond donors (Lipinski definition) is 4. The fraction of sp³-hybridized carbons (Fsp3) is 0.259. The maximum Gasteiger partial charge on any atom is 0.271 e. The minimum Gasteiger partial charge on any atom is -0.373 e. The molecule has 0 spiro atoms. The number of nitrogens with zero attached hydrogens (tertiary/aromatic N) is 5. The largest absolute Gasteiger partial charge is 0.373 e. The van der Waals surface area contributed by atoms with Gasteiger partial charge in [-0.2, -0.15) is 9.78 Å². The molecule has 1 aromatic carbocycles. The minimum absolute atomic E-state index is 0.175. The predicted octanol–water partition coefficient (Wildman–Crippen LogP) is 4.06. The summed E-state index contributed by atoms with van der Waals surface area (Å²) in [5.41, 5.74) is 3.66. The van der Waals surface area contributed by atoms with Crippen molar-refractivity contribution in [1.29, 1.82) is 0 Å². The molecule has 11 heteroatoms. The lowest BCUT2D eigenvalue weighted by molar-refractivity contribution is 0.0956. The van der Waals surface area contributed by atoms with Gasteiger partial charge in [0.25, 0.3) is 11.8 Å². The second-order valence-corrected chi connectivity index (χ2v) is 9.71. The molecule has 4 aromatic rings. The van der Waals surface area contributed by atoms with Gasteiger partial charge in [-0.05, 0) is 36.8 Å². The maximum absolute atomic E-state index is 13.0. The van der Waals surface area contributed by atoms with Crippen LogP contribution in [0.3, 0.4) is 0 Å². The van der Waals surface area contributed by atoms with E-state index in [9.17, 15) is 9.59 Å². The molecule has 0 aliphatic rings. The summed E-state index contributed by atoms with van der Waals surface area (Å²) in [6.45, 7) is 8.10. The number of aromatic nitrogens is 5. The molecule has 0 radical (unpaired) electrons. The Morgan fingerprint density at radius 2 is 1.71 bits per heavy atom. The van der Waals surface area contributed by atoms with Crippen LogP contribution in [-0.4, -0.2) is 50.6 Å². The molecule has 196 valence electrons. The molecule has 4 rings (SSSR count). The van der Waals surface area contributed by atoms with Gasteiger partial charge >= 0.3 is 0 Å². The van der Waals surface area contributed by atoms with E-state index in [2.05, 4.69) is 62.1 Å². The second-order valence-electron chi connectivity index (χ2n) is 9.71. The van der Waals surface area contributed by atoms with Crippen LogP contribution in [0.15, 0.2) is 55.0 Å². The van der Waals surface area contributed by atoms with Crippen LogP contribution >= 0.6 is 0 Å². The van der Waals surface area contributed by atoms with Crippen LogP contribution in [0.5, 0.6) is 0 Å². The minimum atomic E-state index is -0.334. The lowest BCUT2D eigenvalue weighted by Crippen LogP contribution is -2.18. The fourth-order valence-corrected chi connectivity index (χ4v) is 3.64. The van der Waals surface area contributed by atoms with Crippen molar-refractivity contribution in [2.75, 3.05) is 30.0 Å². The van der Waals surface area contributed by atoms with E-state index >= 15 is 0 Å². The van der Waals surface area contributed by atoms with Crippen molar-refractivity contribution in [1.82, 2.24) is 30.0 Å². The number of aryl methyl sites for hydroxylation is 1.